The predicted octanol–water partition coefficient (Wildman–Crippen LogP) is 3.54. The monoisotopic (exact) mass is 278 g/mol. The van der Waals surface area contributed by atoms with Gasteiger partial charge in [0.2, 0.25) is 0 Å². The standard InChI is InChI=1S/C18H18N2O/c1-21-17-9-7-13-6-8-16(10-15(13)11-17)20-18-5-3-2-4-14(18)12-19/h2-5,7,9,11,16,20H,6,8,10H2,1H3. The number of nitrogens with zero attached hydrogens (tertiary/aromatic N) is 1. The maximum Gasteiger partial charge on any atom is 0.119 e. The van der Waals surface area contributed by atoms with Crippen molar-refractivity contribution in [2.45, 2.75) is 25.3 Å². The Labute approximate surface area is 125 Å². The Balaban J connectivity index is 1.78. The van der Waals surface area contributed by atoms with Crippen molar-refractivity contribution in [1.29, 1.82) is 5.26 Å². The van der Waals surface area contributed by atoms with Gasteiger partial charge < -0.3 is 10.1 Å². The summed E-state index contributed by atoms with van der Waals surface area (Å²) >= 11 is 0. The average Bonchev–Trinajstić information content (AvgIpc) is 2.54. The van der Waals surface area contributed by atoms with Crippen molar-refractivity contribution in [3.8, 4) is 11.8 Å². The van der Waals surface area contributed by atoms with E-state index in [0.29, 0.717) is 11.6 Å². The van der Waals surface area contributed by atoms with Crippen LogP contribution in [0.1, 0.15) is 23.1 Å². The number of nitrogens with one attached hydrogen (secondary N) is 1. The second kappa shape index (κ2) is 5.88. The summed E-state index contributed by atoms with van der Waals surface area (Å²) in [6, 6.07) is 16.6. The average molecular weight is 278 g/mol. The molecule has 3 nitrogen and oxygen atoms in total. The van der Waals surface area contributed by atoms with E-state index < -0.39 is 0 Å². The zero-order valence-electron chi connectivity index (χ0n) is 12.1. The molecule has 1 aliphatic carbocycles. The second-order valence-electron chi connectivity index (χ2n) is 5.38. The number of hydrogen-bond acceptors (Lipinski definition) is 3. The number of hydrogen-bond donors (Lipinski definition) is 1. The molecule has 0 saturated heterocycles. The number of ether oxygens (including phenoxy) is 1. The van der Waals surface area contributed by atoms with Crippen LogP contribution in [0, 0.1) is 11.3 Å². The van der Waals surface area contributed by atoms with Crippen molar-refractivity contribution >= 4 is 5.69 Å². The predicted molar refractivity (Wildman–Crippen MR) is 83.6 cm³/mol. The van der Waals surface area contributed by atoms with Gasteiger partial charge in [-0.05, 0) is 54.7 Å². The normalized spacial score (nSPS) is 16.7. The molecular weight excluding hydrogens is 260 g/mol. The van der Waals surface area contributed by atoms with Gasteiger partial charge >= 0.3 is 0 Å². The third-order valence-corrected chi connectivity index (χ3v) is 4.05. The van der Waals surface area contributed by atoms with Crippen molar-refractivity contribution in [3.05, 3.63) is 59.2 Å². The molecule has 0 saturated carbocycles. The summed E-state index contributed by atoms with van der Waals surface area (Å²) in [6.45, 7) is 0. The molecular formula is C18H18N2O. The lowest BCUT2D eigenvalue weighted by Crippen LogP contribution is -2.27. The molecule has 106 valence electrons. The molecule has 0 fully saturated rings. The van der Waals surface area contributed by atoms with Crippen molar-refractivity contribution in [1.82, 2.24) is 0 Å². The summed E-state index contributed by atoms with van der Waals surface area (Å²) in [7, 11) is 1.70. The van der Waals surface area contributed by atoms with Crippen molar-refractivity contribution < 1.29 is 4.74 Å². The van der Waals surface area contributed by atoms with Crippen LogP contribution in [0.2, 0.25) is 0 Å². The van der Waals surface area contributed by atoms with E-state index in [-0.39, 0.29) is 0 Å². The topological polar surface area (TPSA) is 45.0 Å². The van der Waals surface area contributed by atoms with Crippen LogP contribution in [0.15, 0.2) is 42.5 Å². The summed E-state index contributed by atoms with van der Waals surface area (Å²) in [5.41, 5.74) is 4.38. The van der Waals surface area contributed by atoms with Crippen LogP contribution in [-0.4, -0.2) is 13.2 Å². The van der Waals surface area contributed by atoms with E-state index in [2.05, 4.69) is 23.5 Å². The molecule has 1 aliphatic rings. The molecule has 0 spiro atoms. The van der Waals surface area contributed by atoms with E-state index in [9.17, 15) is 0 Å². The molecule has 3 heteroatoms. The highest BCUT2D eigenvalue weighted by Crippen LogP contribution is 2.27. The van der Waals surface area contributed by atoms with Crippen LogP contribution in [0.5, 0.6) is 5.75 Å². The van der Waals surface area contributed by atoms with Gasteiger partial charge in [0.05, 0.1) is 18.4 Å². The van der Waals surface area contributed by atoms with Crippen LogP contribution >= 0.6 is 0 Å². The Bertz CT molecular complexity index is 688. The first-order chi connectivity index (χ1) is 10.3. The maximum absolute atomic E-state index is 9.17. The first kappa shape index (κ1) is 13.5. The Hall–Kier alpha value is -2.47. The number of benzene rings is 2. The number of para-hydroxylation sites is 1. The number of methoxy groups -OCH3 is 1. The van der Waals surface area contributed by atoms with E-state index in [1.165, 1.54) is 11.1 Å². The maximum atomic E-state index is 9.17. The third kappa shape index (κ3) is 2.85. The smallest absolute Gasteiger partial charge is 0.119 e. The van der Waals surface area contributed by atoms with E-state index in [4.69, 9.17) is 10.00 Å². The quantitative estimate of drug-likeness (QED) is 0.934. The molecule has 0 aromatic heterocycles. The Morgan fingerprint density at radius 3 is 2.86 bits per heavy atom. The van der Waals surface area contributed by atoms with E-state index >= 15 is 0 Å². The molecule has 1 unspecified atom stereocenters. The molecule has 21 heavy (non-hydrogen) atoms. The van der Waals surface area contributed by atoms with Crippen LogP contribution in [0.25, 0.3) is 0 Å². The van der Waals surface area contributed by atoms with Crippen molar-refractivity contribution in [2.75, 3.05) is 12.4 Å². The third-order valence-electron chi connectivity index (χ3n) is 4.05. The fraction of sp³-hybridized carbons (Fsp3) is 0.278. The van der Waals surface area contributed by atoms with Gasteiger partial charge in [-0.15, -0.1) is 0 Å². The summed E-state index contributed by atoms with van der Waals surface area (Å²) in [5.74, 6) is 0.909. The van der Waals surface area contributed by atoms with Gasteiger partial charge in [0.1, 0.15) is 11.8 Å². The van der Waals surface area contributed by atoms with Crippen molar-refractivity contribution in [2.24, 2.45) is 0 Å². The van der Waals surface area contributed by atoms with Gasteiger partial charge in [0.15, 0.2) is 0 Å². The van der Waals surface area contributed by atoms with Gasteiger partial charge in [0.25, 0.3) is 0 Å². The number of rotatable bonds is 3. The minimum absolute atomic E-state index is 0.360. The Kier molecular flexibility index (Phi) is 3.79. The largest absolute Gasteiger partial charge is 0.497 e. The molecule has 0 aliphatic heterocycles. The molecule has 1 atom stereocenters. The number of fused-ring (bicyclic) bond motifs is 1. The highest BCUT2D eigenvalue weighted by molar-refractivity contribution is 5.58. The van der Waals surface area contributed by atoms with E-state index in [1.54, 1.807) is 7.11 Å². The molecule has 0 amide bonds. The lowest BCUT2D eigenvalue weighted by molar-refractivity contribution is 0.413. The van der Waals surface area contributed by atoms with Gasteiger partial charge in [-0.3, -0.25) is 0 Å². The highest BCUT2D eigenvalue weighted by atomic mass is 16.5. The summed E-state index contributed by atoms with van der Waals surface area (Å²) in [5, 5.41) is 12.7. The zero-order chi connectivity index (χ0) is 14.7. The highest BCUT2D eigenvalue weighted by Gasteiger charge is 2.19. The Morgan fingerprint density at radius 1 is 1.19 bits per heavy atom. The molecule has 3 rings (SSSR count). The number of anilines is 1. The lowest BCUT2D eigenvalue weighted by Gasteiger charge is -2.27. The van der Waals surface area contributed by atoms with Crippen molar-refractivity contribution in [3.63, 3.8) is 0 Å². The fourth-order valence-electron chi connectivity index (χ4n) is 2.91. The number of nitriles is 1. The lowest BCUT2D eigenvalue weighted by atomic mass is 9.88. The first-order valence-electron chi connectivity index (χ1n) is 7.21. The zero-order valence-corrected chi connectivity index (χ0v) is 12.1. The van der Waals surface area contributed by atoms with E-state index in [1.807, 2.05) is 30.3 Å². The van der Waals surface area contributed by atoms with Gasteiger partial charge in [-0.1, -0.05) is 18.2 Å². The van der Waals surface area contributed by atoms with Crippen LogP contribution in [0.4, 0.5) is 5.69 Å². The van der Waals surface area contributed by atoms with Gasteiger partial charge in [-0.2, -0.15) is 5.26 Å². The molecule has 0 radical (unpaired) electrons. The molecule has 0 bridgehead atoms. The molecule has 1 N–H and O–H groups in total. The SMILES string of the molecule is COc1ccc2c(c1)CC(Nc1ccccc1C#N)CC2. The second-order valence-corrected chi connectivity index (χ2v) is 5.38. The van der Waals surface area contributed by atoms with Gasteiger partial charge in [-0.25, -0.2) is 0 Å². The number of aryl methyl sites for hydroxylation is 1. The van der Waals surface area contributed by atoms with Gasteiger partial charge in [0, 0.05) is 6.04 Å². The van der Waals surface area contributed by atoms with Crippen LogP contribution in [0.3, 0.4) is 0 Å². The first-order valence-corrected chi connectivity index (χ1v) is 7.21. The molecule has 0 heterocycles. The minimum atomic E-state index is 0.360. The molecule has 2 aromatic carbocycles. The van der Waals surface area contributed by atoms with Crippen LogP contribution < -0.4 is 10.1 Å². The minimum Gasteiger partial charge on any atom is -0.497 e. The Morgan fingerprint density at radius 2 is 2.05 bits per heavy atom. The summed E-state index contributed by atoms with van der Waals surface area (Å²) in [4.78, 5) is 0. The summed E-state index contributed by atoms with van der Waals surface area (Å²) < 4.78 is 5.31. The fourth-order valence-corrected chi connectivity index (χ4v) is 2.91. The van der Waals surface area contributed by atoms with E-state index in [0.717, 1.165) is 30.7 Å². The van der Waals surface area contributed by atoms with Crippen LogP contribution in [-0.2, 0) is 12.8 Å². The summed E-state index contributed by atoms with van der Waals surface area (Å²) in [6.07, 6.45) is 3.11. The molecule has 2 aromatic rings.